The zero-order valence-electron chi connectivity index (χ0n) is 11.8. The average Bonchev–Trinajstić information content (AvgIpc) is 2.85. The number of nitrogens with zero attached hydrogens (tertiary/aromatic N) is 2. The van der Waals surface area contributed by atoms with E-state index in [1.165, 1.54) is 25.9 Å². The van der Waals surface area contributed by atoms with Gasteiger partial charge in [-0.25, -0.2) is 0 Å². The summed E-state index contributed by atoms with van der Waals surface area (Å²) in [6.45, 7) is 7.61. The van der Waals surface area contributed by atoms with Gasteiger partial charge in [0.1, 0.15) is 0 Å². The zero-order valence-corrected chi connectivity index (χ0v) is 11.8. The summed E-state index contributed by atoms with van der Waals surface area (Å²) in [5, 5.41) is 0. The van der Waals surface area contributed by atoms with Crippen LogP contribution in [-0.2, 0) is 4.74 Å². The Hall–Kier alpha value is -0.160. The fraction of sp³-hybridized carbons (Fsp3) is 1.00. The highest BCUT2D eigenvalue weighted by Crippen LogP contribution is 2.40. The van der Waals surface area contributed by atoms with Gasteiger partial charge in [0.15, 0.2) is 0 Å². The second-order valence-corrected chi connectivity index (χ2v) is 6.40. The smallest absolute Gasteiger partial charge is 0.0703 e. The first-order valence-electron chi connectivity index (χ1n) is 7.44. The van der Waals surface area contributed by atoms with Crippen molar-refractivity contribution in [2.75, 3.05) is 39.8 Å². The summed E-state index contributed by atoms with van der Waals surface area (Å²) < 4.78 is 5.75. The minimum absolute atomic E-state index is 0.198. The molecule has 4 aliphatic heterocycles. The van der Waals surface area contributed by atoms with Crippen molar-refractivity contribution in [2.45, 2.75) is 43.9 Å². The molecule has 0 aromatic carbocycles. The van der Waals surface area contributed by atoms with E-state index in [2.05, 4.69) is 23.8 Å². The summed E-state index contributed by atoms with van der Waals surface area (Å²) in [5.74, 6) is 0.783. The third kappa shape index (κ3) is 1.82. The predicted octanol–water partition coefficient (Wildman–Crippen LogP) is 0.519. The third-order valence-corrected chi connectivity index (χ3v) is 5.73. The predicted molar refractivity (Wildman–Crippen MR) is 72.5 cm³/mol. The van der Waals surface area contributed by atoms with E-state index < -0.39 is 0 Å². The van der Waals surface area contributed by atoms with E-state index in [4.69, 9.17) is 10.5 Å². The molecule has 4 heteroatoms. The first kappa shape index (κ1) is 12.9. The Balaban J connectivity index is 1.82. The molecule has 0 amide bonds. The number of nitrogens with two attached hydrogens (primary N) is 1. The lowest BCUT2D eigenvalue weighted by Gasteiger charge is -2.58. The van der Waals surface area contributed by atoms with E-state index in [0.717, 1.165) is 32.0 Å². The Morgan fingerprint density at radius 1 is 1.33 bits per heavy atom. The number of rotatable bonds is 3. The fourth-order valence-corrected chi connectivity index (χ4v) is 4.48. The van der Waals surface area contributed by atoms with Crippen LogP contribution in [0.3, 0.4) is 0 Å². The molecule has 4 heterocycles. The van der Waals surface area contributed by atoms with Crippen LogP contribution in [0.2, 0.25) is 0 Å². The highest BCUT2D eigenvalue weighted by Gasteiger charge is 2.51. The lowest BCUT2D eigenvalue weighted by atomic mass is 9.71. The van der Waals surface area contributed by atoms with Gasteiger partial charge in [0.05, 0.1) is 6.10 Å². The van der Waals surface area contributed by atoms with Gasteiger partial charge in [-0.3, -0.25) is 4.90 Å². The van der Waals surface area contributed by atoms with E-state index in [0.29, 0.717) is 12.1 Å². The van der Waals surface area contributed by atoms with Crippen LogP contribution >= 0.6 is 0 Å². The Bertz CT molecular complexity index is 303. The van der Waals surface area contributed by atoms with Crippen LogP contribution in [0, 0.1) is 5.92 Å². The molecule has 3 unspecified atom stereocenters. The summed E-state index contributed by atoms with van der Waals surface area (Å²) in [6, 6.07) is 0.550. The second kappa shape index (κ2) is 4.75. The molecule has 0 aromatic heterocycles. The minimum Gasteiger partial charge on any atom is -0.377 e. The Morgan fingerprint density at radius 3 is 2.50 bits per heavy atom. The number of likely N-dealkylation sites (N-methyl/N-ethyl adjacent to an activating group) is 1. The number of ether oxygens (including phenoxy) is 1. The van der Waals surface area contributed by atoms with Crippen molar-refractivity contribution in [3.8, 4) is 0 Å². The molecular formula is C14H27N3O. The standard InChI is InChI=1S/C14H27N3O/c1-11-13(5-8-18-11)16(2)14(9-15)10-17-6-3-12(14)4-7-17/h11-13H,3-10,15H2,1-2H3. The molecule has 4 aliphatic rings. The van der Waals surface area contributed by atoms with Crippen LogP contribution in [0.5, 0.6) is 0 Å². The van der Waals surface area contributed by atoms with E-state index >= 15 is 0 Å². The zero-order chi connectivity index (χ0) is 12.8. The molecule has 2 N–H and O–H groups in total. The molecule has 4 nitrogen and oxygen atoms in total. The van der Waals surface area contributed by atoms with Crippen molar-refractivity contribution in [1.82, 2.24) is 9.80 Å². The van der Waals surface area contributed by atoms with E-state index in [9.17, 15) is 0 Å². The number of hydrogen-bond acceptors (Lipinski definition) is 4. The summed E-state index contributed by atoms with van der Waals surface area (Å²) in [4.78, 5) is 5.19. The Morgan fingerprint density at radius 2 is 2.06 bits per heavy atom. The molecular weight excluding hydrogens is 226 g/mol. The highest BCUT2D eigenvalue weighted by molar-refractivity contribution is 5.07. The minimum atomic E-state index is 0.198. The molecule has 18 heavy (non-hydrogen) atoms. The van der Waals surface area contributed by atoms with Crippen molar-refractivity contribution in [3.05, 3.63) is 0 Å². The van der Waals surface area contributed by atoms with Crippen molar-refractivity contribution >= 4 is 0 Å². The average molecular weight is 253 g/mol. The molecule has 4 fully saturated rings. The summed E-state index contributed by atoms with van der Waals surface area (Å²) >= 11 is 0. The van der Waals surface area contributed by atoms with Gasteiger partial charge in [-0.1, -0.05) is 0 Å². The first-order valence-corrected chi connectivity index (χ1v) is 7.44. The van der Waals surface area contributed by atoms with Gasteiger partial charge in [-0.05, 0) is 52.2 Å². The van der Waals surface area contributed by atoms with Crippen molar-refractivity contribution in [2.24, 2.45) is 11.7 Å². The Kier molecular flexibility index (Phi) is 3.39. The molecule has 4 rings (SSSR count). The molecule has 2 bridgehead atoms. The van der Waals surface area contributed by atoms with Gasteiger partial charge < -0.3 is 15.4 Å². The molecule has 0 aliphatic carbocycles. The molecule has 3 atom stereocenters. The Labute approximate surface area is 110 Å². The number of fused-ring (bicyclic) bond motifs is 3. The number of hydrogen-bond donors (Lipinski definition) is 1. The van der Waals surface area contributed by atoms with Crippen molar-refractivity contribution in [1.29, 1.82) is 0 Å². The van der Waals surface area contributed by atoms with Crippen molar-refractivity contribution in [3.63, 3.8) is 0 Å². The molecule has 0 spiro atoms. The van der Waals surface area contributed by atoms with Gasteiger partial charge in [0.25, 0.3) is 0 Å². The monoisotopic (exact) mass is 253 g/mol. The van der Waals surface area contributed by atoms with Gasteiger partial charge in [0, 0.05) is 31.3 Å². The second-order valence-electron chi connectivity index (χ2n) is 6.40. The molecule has 4 saturated heterocycles. The highest BCUT2D eigenvalue weighted by atomic mass is 16.5. The molecule has 104 valence electrons. The topological polar surface area (TPSA) is 41.7 Å². The van der Waals surface area contributed by atoms with E-state index in [1.807, 2.05) is 0 Å². The summed E-state index contributed by atoms with van der Waals surface area (Å²) in [7, 11) is 2.28. The van der Waals surface area contributed by atoms with Gasteiger partial charge in [-0.2, -0.15) is 0 Å². The normalized spacial score (nSPS) is 48.0. The summed E-state index contributed by atoms with van der Waals surface area (Å²) in [5.41, 5.74) is 6.43. The molecule has 0 saturated carbocycles. The largest absolute Gasteiger partial charge is 0.377 e. The van der Waals surface area contributed by atoms with Crippen LogP contribution in [0.15, 0.2) is 0 Å². The van der Waals surface area contributed by atoms with Gasteiger partial charge in [-0.15, -0.1) is 0 Å². The number of piperidine rings is 3. The van der Waals surface area contributed by atoms with Crippen LogP contribution in [-0.4, -0.2) is 67.3 Å². The van der Waals surface area contributed by atoms with E-state index in [1.54, 1.807) is 0 Å². The SMILES string of the molecule is CC1OCCC1N(C)C1(CN)CN2CCC1CC2. The maximum absolute atomic E-state index is 6.23. The maximum atomic E-state index is 6.23. The fourth-order valence-electron chi connectivity index (χ4n) is 4.48. The molecule has 0 radical (unpaired) electrons. The van der Waals surface area contributed by atoms with Gasteiger partial charge >= 0.3 is 0 Å². The lowest BCUT2D eigenvalue weighted by Crippen LogP contribution is -2.71. The maximum Gasteiger partial charge on any atom is 0.0703 e. The third-order valence-electron chi connectivity index (χ3n) is 5.73. The summed E-state index contributed by atoms with van der Waals surface area (Å²) in [6.07, 6.45) is 4.16. The van der Waals surface area contributed by atoms with Gasteiger partial charge in [0.2, 0.25) is 0 Å². The van der Waals surface area contributed by atoms with Crippen LogP contribution in [0.4, 0.5) is 0 Å². The quantitative estimate of drug-likeness (QED) is 0.796. The van der Waals surface area contributed by atoms with Crippen LogP contribution in [0.1, 0.15) is 26.2 Å². The molecule has 0 aromatic rings. The lowest BCUT2D eigenvalue weighted by molar-refractivity contribution is -0.0816. The van der Waals surface area contributed by atoms with Crippen LogP contribution < -0.4 is 5.73 Å². The first-order chi connectivity index (χ1) is 8.67. The van der Waals surface area contributed by atoms with Crippen LogP contribution in [0.25, 0.3) is 0 Å². The van der Waals surface area contributed by atoms with Crippen molar-refractivity contribution < 1.29 is 4.74 Å². The van der Waals surface area contributed by atoms with E-state index in [-0.39, 0.29) is 5.54 Å².